The molecule has 2 fully saturated rings. The summed E-state index contributed by atoms with van der Waals surface area (Å²) in [6, 6.07) is 0. The zero-order chi connectivity index (χ0) is 21.1. The lowest BCUT2D eigenvalue weighted by Gasteiger charge is -2.26. The molecule has 29 heavy (non-hydrogen) atoms. The van der Waals surface area contributed by atoms with Crippen molar-refractivity contribution >= 4 is 15.8 Å². The van der Waals surface area contributed by atoms with Gasteiger partial charge in [-0.2, -0.15) is 0 Å². The van der Waals surface area contributed by atoms with E-state index in [1.54, 1.807) is 0 Å². The first-order valence-corrected chi connectivity index (χ1v) is 13.5. The molecule has 0 saturated carbocycles. The van der Waals surface area contributed by atoms with Crippen LogP contribution in [0.5, 0.6) is 0 Å². The first-order chi connectivity index (χ1) is 13.9. The predicted octanol–water partition coefficient (Wildman–Crippen LogP) is 3.32. The zero-order valence-electron chi connectivity index (χ0n) is 18.6. The van der Waals surface area contributed by atoms with E-state index < -0.39 is 10.0 Å². The minimum atomic E-state index is -3.20. The predicted molar refractivity (Wildman–Crippen MR) is 118 cm³/mol. The Morgan fingerprint density at radius 2 is 1.59 bits per heavy atom. The van der Waals surface area contributed by atoms with E-state index in [1.165, 1.54) is 49.2 Å². The molecule has 0 aromatic heterocycles. The number of ketones is 1. The number of rotatable bonds is 14. The van der Waals surface area contributed by atoms with Crippen LogP contribution < -0.4 is 0 Å². The third-order valence-corrected chi connectivity index (χ3v) is 7.69. The molecule has 6 nitrogen and oxygen atoms in total. The average molecular weight is 431 g/mol. The lowest BCUT2D eigenvalue weighted by molar-refractivity contribution is -0.123. The van der Waals surface area contributed by atoms with Crippen LogP contribution in [0.15, 0.2) is 0 Å². The van der Waals surface area contributed by atoms with Crippen molar-refractivity contribution in [1.82, 2.24) is 9.21 Å². The quantitative estimate of drug-likeness (QED) is 0.396. The monoisotopic (exact) mass is 430 g/mol. The molecule has 0 aromatic rings. The Bertz CT molecular complexity index is 575. The molecule has 2 rings (SSSR count). The number of carbonyl (C=O) groups excluding carboxylic acids is 1. The zero-order valence-corrected chi connectivity index (χ0v) is 19.4. The Hall–Kier alpha value is -0.500. The summed E-state index contributed by atoms with van der Waals surface area (Å²) in [5.74, 6) is 0.388. The summed E-state index contributed by atoms with van der Waals surface area (Å²) in [5, 5.41) is 0. The summed E-state index contributed by atoms with van der Waals surface area (Å²) in [4.78, 5) is 15.2. The maximum Gasteiger partial charge on any atom is 0.211 e. The van der Waals surface area contributed by atoms with Crippen LogP contribution in [0.25, 0.3) is 0 Å². The fourth-order valence-electron chi connectivity index (χ4n) is 4.66. The maximum atomic E-state index is 12.7. The number of nitrogens with zero attached hydrogens (tertiary/aromatic N) is 2. The summed E-state index contributed by atoms with van der Waals surface area (Å²) >= 11 is 0. The minimum Gasteiger partial charge on any atom is -0.379 e. The second kappa shape index (κ2) is 13.0. The van der Waals surface area contributed by atoms with Crippen LogP contribution in [0.2, 0.25) is 0 Å². The summed E-state index contributed by atoms with van der Waals surface area (Å²) in [6.07, 6.45) is 12.1. The molecule has 7 heteroatoms. The molecule has 2 aliphatic rings. The van der Waals surface area contributed by atoms with E-state index in [-0.39, 0.29) is 17.6 Å². The van der Waals surface area contributed by atoms with Gasteiger partial charge in [-0.25, -0.2) is 12.7 Å². The number of sulfonamides is 1. The molecule has 2 saturated heterocycles. The molecule has 0 N–H and O–H groups in total. The topological polar surface area (TPSA) is 66.9 Å². The van der Waals surface area contributed by atoms with Gasteiger partial charge in [-0.3, -0.25) is 9.69 Å². The first-order valence-electron chi connectivity index (χ1n) is 11.7. The van der Waals surface area contributed by atoms with Crippen molar-refractivity contribution in [3.63, 3.8) is 0 Å². The maximum absolute atomic E-state index is 12.7. The van der Waals surface area contributed by atoms with Crippen molar-refractivity contribution < 1.29 is 17.9 Å². The molecule has 1 unspecified atom stereocenters. The number of hydrogen-bond donors (Lipinski definition) is 0. The van der Waals surface area contributed by atoms with Gasteiger partial charge in [-0.15, -0.1) is 0 Å². The Labute approximate surface area is 178 Å². The van der Waals surface area contributed by atoms with Gasteiger partial charge in [0.25, 0.3) is 0 Å². The fourth-order valence-corrected chi connectivity index (χ4v) is 5.55. The van der Waals surface area contributed by atoms with Crippen LogP contribution in [-0.4, -0.2) is 75.6 Å². The smallest absolute Gasteiger partial charge is 0.211 e. The molecular weight excluding hydrogens is 388 g/mol. The molecule has 0 radical (unpaired) electrons. The van der Waals surface area contributed by atoms with Crippen molar-refractivity contribution in [2.75, 3.05) is 52.2 Å². The lowest BCUT2D eigenvalue weighted by atomic mass is 9.86. The molecule has 0 amide bonds. The standard InChI is InChI=1S/C22H42N2O4S/c1-3-11-20-18-24(29(2,26)27)19-21(20)22(25)12-9-7-5-4-6-8-10-13-23-14-16-28-17-15-23/h20-21H,3-19H2,1-2H3/t20-,21?/m0/s1. The third kappa shape index (κ3) is 9.03. The first kappa shape index (κ1) is 24.8. The molecule has 0 spiro atoms. The highest BCUT2D eigenvalue weighted by Crippen LogP contribution is 2.31. The van der Waals surface area contributed by atoms with Crippen LogP contribution in [0.4, 0.5) is 0 Å². The van der Waals surface area contributed by atoms with Crippen molar-refractivity contribution in [1.29, 1.82) is 0 Å². The van der Waals surface area contributed by atoms with Gasteiger partial charge >= 0.3 is 0 Å². The third-order valence-electron chi connectivity index (χ3n) is 6.45. The van der Waals surface area contributed by atoms with Crippen LogP contribution in [0, 0.1) is 11.8 Å². The molecule has 2 heterocycles. The summed E-state index contributed by atoms with van der Waals surface area (Å²) in [7, 11) is -3.20. The van der Waals surface area contributed by atoms with Gasteiger partial charge in [0.2, 0.25) is 10.0 Å². The molecule has 0 bridgehead atoms. The lowest BCUT2D eigenvalue weighted by Crippen LogP contribution is -2.36. The average Bonchev–Trinajstić information content (AvgIpc) is 3.12. The number of morpholine rings is 1. The second-order valence-electron chi connectivity index (χ2n) is 8.88. The van der Waals surface area contributed by atoms with Crippen molar-refractivity contribution in [2.24, 2.45) is 11.8 Å². The van der Waals surface area contributed by atoms with Crippen molar-refractivity contribution in [3.8, 4) is 0 Å². The highest BCUT2D eigenvalue weighted by Gasteiger charge is 2.39. The Balaban J connectivity index is 1.53. The van der Waals surface area contributed by atoms with Crippen LogP contribution in [-0.2, 0) is 19.6 Å². The summed E-state index contributed by atoms with van der Waals surface area (Å²) in [6.45, 7) is 8.13. The van der Waals surface area contributed by atoms with E-state index in [9.17, 15) is 13.2 Å². The fraction of sp³-hybridized carbons (Fsp3) is 0.955. The number of hydrogen-bond acceptors (Lipinski definition) is 5. The Morgan fingerprint density at radius 1 is 0.966 bits per heavy atom. The van der Waals surface area contributed by atoms with Crippen LogP contribution in [0.3, 0.4) is 0 Å². The molecule has 2 aliphatic heterocycles. The van der Waals surface area contributed by atoms with E-state index in [0.717, 1.165) is 52.0 Å². The van der Waals surface area contributed by atoms with E-state index in [2.05, 4.69) is 11.8 Å². The van der Waals surface area contributed by atoms with Gasteiger partial charge in [-0.05, 0) is 31.7 Å². The minimum absolute atomic E-state index is 0.0927. The van der Waals surface area contributed by atoms with E-state index >= 15 is 0 Å². The van der Waals surface area contributed by atoms with Crippen LogP contribution >= 0.6 is 0 Å². The number of ether oxygens (including phenoxy) is 1. The van der Waals surface area contributed by atoms with Crippen LogP contribution in [0.1, 0.15) is 71.1 Å². The van der Waals surface area contributed by atoms with E-state index in [0.29, 0.717) is 19.5 Å². The Morgan fingerprint density at radius 3 is 2.21 bits per heavy atom. The summed E-state index contributed by atoms with van der Waals surface area (Å²) < 4.78 is 30.6. The number of unbranched alkanes of at least 4 members (excludes halogenated alkanes) is 6. The number of Topliss-reactive ketones (excluding diaryl/α,β-unsaturated/α-hetero) is 1. The van der Waals surface area contributed by atoms with E-state index in [1.807, 2.05) is 0 Å². The van der Waals surface area contributed by atoms with Gasteiger partial charge in [0.1, 0.15) is 5.78 Å². The SMILES string of the molecule is CCC[C@H]1CN(S(C)(=O)=O)CC1C(=O)CCCCCCCCCN1CCOCC1. The van der Waals surface area contributed by atoms with Gasteiger partial charge < -0.3 is 4.74 Å². The van der Waals surface area contributed by atoms with Gasteiger partial charge in [0, 0.05) is 38.5 Å². The van der Waals surface area contributed by atoms with Gasteiger partial charge in [0.05, 0.1) is 19.5 Å². The Kier molecular flexibility index (Phi) is 11.1. The van der Waals surface area contributed by atoms with Crippen molar-refractivity contribution in [2.45, 2.75) is 71.1 Å². The molecule has 0 aliphatic carbocycles. The molecule has 170 valence electrons. The van der Waals surface area contributed by atoms with Crippen molar-refractivity contribution in [3.05, 3.63) is 0 Å². The summed E-state index contributed by atoms with van der Waals surface area (Å²) in [5.41, 5.74) is 0. The molecular formula is C22H42N2O4S. The second-order valence-corrected chi connectivity index (χ2v) is 10.9. The number of carbonyl (C=O) groups is 1. The normalized spacial score (nSPS) is 24.2. The molecule has 2 atom stereocenters. The van der Waals surface area contributed by atoms with Gasteiger partial charge in [0.15, 0.2) is 0 Å². The molecule has 0 aromatic carbocycles. The highest BCUT2D eigenvalue weighted by molar-refractivity contribution is 7.88. The van der Waals surface area contributed by atoms with Gasteiger partial charge in [-0.1, -0.05) is 45.4 Å². The van der Waals surface area contributed by atoms with E-state index in [4.69, 9.17) is 4.74 Å². The highest BCUT2D eigenvalue weighted by atomic mass is 32.2. The largest absolute Gasteiger partial charge is 0.379 e.